The maximum absolute atomic E-state index is 12.1. The zero-order valence-electron chi connectivity index (χ0n) is 14.1. The third kappa shape index (κ3) is 5.20. The molecule has 1 aromatic heterocycles. The molecule has 24 heavy (non-hydrogen) atoms. The number of hydrogen-bond acceptors (Lipinski definition) is 3. The molecule has 0 saturated carbocycles. The van der Waals surface area contributed by atoms with Crippen molar-refractivity contribution in [3.05, 3.63) is 53.9 Å². The molecular formula is C19H26N4O. The minimum atomic E-state index is 0.158. The molecule has 2 heterocycles. The first-order valence-electron chi connectivity index (χ1n) is 8.82. The molecule has 0 spiro atoms. The van der Waals surface area contributed by atoms with Gasteiger partial charge in [-0.3, -0.25) is 9.48 Å². The van der Waals surface area contributed by atoms with Crippen molar-refractivity contribution in [2.24, 2.45) is 5.92 Å². The van der Waals surface area contributed by atoms with E-state index in [2.05, 4.69) is 33.9 Å². The van der Waals surface area contributed by atoms with Gasteiger partial charge in [0.15, 0.2) is 0 Å². The number of carbonyl (C=O) groups excluding carboxylic acids is 1. The fraction of sp³-hybridized carbons (Fsp3) is 0.474. The highest BCUT2D eigenvalue weighted by Gasteiger charge is 2.14. The van der Waals surface area contributed by atoms with Crippen LogP contribution in [0.5, 0.6) is 0 Å². The Morgan fingerprint density at radius 2 is 2.08 bits per heavy atom. The average molecular weight is 326 g/mol. The number of benzene rings is 1. The van der Waals surface area contributed by atoms with Gasteiger partial charge in [-0.05, 0) is 55.5 Å². The molecule has 0 radical (unpaired) electrons. The van der Waals surface area contributed by atoms with Crippen LogP contribution in [-0.2, 0) is 17.9 Å². The van der Waals surface area contributed by atoms with E-state index >= 15 is 0 Å². The maximum atomic E-state index is 12.1. The Balaban J connectivity index is 1.43. The molecular weight excluding hydrogens is 300 g/mol. The van der Waals surface area contributed by atoms with Gasteiger partial charge in [0, 0.05) is 25.4 Å². The molecule has 1 aliphatic rings. The van der Waals surface area contributed by atoms with Crippen molar-refractivity contribution in [2.45, 2.75) is 38.8 Å². The fourth-order valence-electron chi connectivity index (χ4n) is 3.21. The van der Waals surface area contributed by atoms with E-state index < -0.39 is 0 Å². The molecule has 2 N–H and O–H groups in total. The summed E-state index contributed by atoms with van der Waals surface area (Å²) in [4.78, 5) is 12.1. The van der Waals surface area contributed by atoms with Crippen LogP contribution < -0.4 is 10.6 Å². The molecule has 5 nitrogen and oxygen atoms in total. The lowest BCUT2D eigenvalue weighted by atomic mass is 9.93. The van der Waals surface area contributed by atoms with Gasteiger partial charge in [0.1, 0.15) is 0 Å². The van der Waals surface area contributed by atoms with Crippen molar-refractivity contribution < 1.29 is 4.79 Å². The summed E-state index contributed by atoms with van der Waals surface area (Å²) in [6, 6.07) is 10.2. The van der Waals surface area contributed by atoms with E-state index in [1.165, 1.54) is 18.4 Å². The summed E-state index contributed by atoms with van der Waals surface area (Å²) in [6.07, 6.45) is 7.78. The van der Waals surface area contributed by atoms with Crippen LogP contribution in [0.1, 0.15) is 36.8 Å². The van der Waals surface area contributed by atoms with Crippen molar-refractivity contribution in [2.75, 3.05) is 13.1 Å². The first-order chi connectivity index (χ1) is 11.8. The second kappa shape index (κ2) is 8.64. The lowest BCUT2D eigenvalue weighted by Crippen LogP contribution is -2.29. The number of rotatable bonds is 7. The summed E-state index contributed by atoms with van der Waals surface area (Å²) in [6.45, 7) is 3.53. The van der Waals surface area contributed by atoms with E-state index in [-0.39, 0.29) is 5.91 Å². The van der Waals surface area contributed by atoms with Gasteiger partial charge in [-0.1, -0.05) is 24.3 Å². The Morgan fingerprint density at radius 3 is 2.88 bits per heavy atom. The number of nitrogens with zero attached hydrogens (tertiary/aromatic N) is 2. The van der Waals surface area contributed by atoms with Crippen LogP contribution in [0.2, 0.25) is 0 Å². The van der Waals surface area contributed by atoms with Gasteiger partial charge in [0.25, 0.3) is 0 Å². The quantitative estimate of drug-likeness (QED) is 0.821. The Hall–Kier alpha value is -2.14. The maximum Gasteiger partial charge on any atom is 0.220 e. The molecule has 1 amide bonds. The second-order valence-corrected chi connectivity index (χ2v) is 6.53. The summed E-state index contributed by atoms with van der Waals surface area (Å²) in [5, 5.41) is 10.6. The predicted molar refractivity (Wildman–Crippen MR) is 94.4 cm³/mol. The van der Waals surface area contributed by atoms with E-state index in [0.29, 0.717) is 18.9 Å². The number of nitrogens with one attached hydrogen (secondary N) is 2. The Morgan fingerprint density at radius 1 is 1.25 bits per heavy atom. The third-order valence-corrected chi connectivity index (χ3v) is 4.62. The highest BCUT2D eigenvalue weighted by atomic mass is 16.1. The van der Waals surface area contributed by atoms with Gasteiger partial charge >= 0.3 is 0 Å². The topological polar surface area (TPSA) is 59.0 Å². The normalized spacial score (nSPS) is 15.3. The lowest BCUT2D eigenvalue weighted by Gasteiger charge is -2.22. The Bertz CT molecular complexity index is 633. The first-order valence-corrected chi connectivity index (χ1v) is 8.82. The van der Waals surface area contributed by atoms with E-state index in [4.69, 9.17) is 0 Å². The fourth-order valence-corrected chi connectivity index (χ4v) is 3.21. The molecule has 0 atom stereocenters. The standard InChI is InChI=1S/C19H26N4O/c24-19(6-5-16-7-10-20-11-8-16)21-14-17-3-1-4-18(13-17)15-23-12-2-9-22-23/h1-4,9,12-13,16,20H,5-8,10-11,14-15H2,(H,21,24). The van der Waals surface area contributed by atoms with Crippen molar-refractivity contribution in [3.63, 3.8) is 0 Å². The van der Waals surface area contributed by atoms with E-state index in [0.717, 1.165) is 31.6 Å². The first kappa shape index (κ1) is 16.7. The number of amides is 1. The molecule has 0 bridgehead atoms. The Labute approximate surface area is 143 Å². The van der Waals surface area contributed by atoms with Gasteiger partial charge in [-0.25, -0.2) is 0 Å². The van der Waals surface area contributed by atoms with Crippen LogP contribution in [0.4, 0.5) is 0 Å². The number of carbonyl (C=O) groups is 1. The minimum Gasteiger partial charge on any atom is -0.352 e. The number of piperidine rings is 1. The largest absolute Gasteiger partial charge is 0.352 e. The van der Waals surface area contributed by atoms with Gasteiger partial charge in [0.05, 0.1) is 6.54 Å². The monoisotopic (exact) mass is 326 g/mol. The van der Waals surface area contributed by atoms with Crippen molar-refractivity contribution in [3.8, 4) is 0 Å². The molecule has 1 saturated heterocycles. The van der Waals surface area contributed by atoms with Crippen LogP contribution in [0.15, 0.2) is 42.7 Å². The van der Waals surface area contributed by atoms with E-state index in [1.807, 2.05) is 23.0 Å². The third-order valence-electron chi connectivity index (χ3n) is 4.62. The lowest BCUT2D eigenvalue weighted by molar-refractivity contribution is -0.121. The molecule has 5 heteroatoms. The van der Waals surface area contributed by atoms with Gasteiger partial charge in [0.2, 0.25) is 5.91 Å². The number of hydrogen-bond donors (Lipinski definition) is 2. The van der Waals surface area contributed by atoms with E-state index in [1.54, 1.807) is 6.20 Å². The van der Waals surface area contributed by atoms with Crippen LogP contribution in [0.3, 0.4) is 0 Å². The van der Waals surface area contributed by atoms with Crippen molar-refractivity contribution in [1.29, 1.82) is 0 Å². The van der Waals surface area contributed by atoms with Crippen molar-refractivity contribution >= 4 is 5.91 Å². The van der Waals surface area contributed by atoms with Gasteiger partial charge < -0.3 is 10.6 Å². The summed E-state index contributed by atoms with van der Waals surface area (Å²) in [5.74, 6) is 0.861. The summed E-state index contributed by atoms with van der Waals surface area (Å²) in [7, 11) is 0. The average Bonchev–Trinajstić information content (AvgIpc) is 3.12. The number of aromatic nitrogens is 2. The summed E-state index contributed by atoms with van der Waals surface area (Å²) < 4.78 is 1.90. The molecule has 1 fully saturated rings. The second-order valence-electron chi connectivity index (χ2n) is 6.53. The minimum absolute atomic E-state index is 0.158. The highest BCUT2D eigenvalue weighted by Crippen LogP contribution is 2.17. The van der Waals surface area contributed by atoms with Gasteiger partial charge in [-0.15, -0.1) is 0 Å². The molecule has 128 valence electrons. The predicted octanol–water partition coefficient (Wildman–Crippen LogP) is 2.33. The Kier molecular flexibility index (Phi) is 6.01. The molecule has 1 aliphatic heterocycles. The molecule has 1 aromatic carbocycles. The van der Waals surface area contributed by atoms with Crippen LogP contribution in [0.25, 0.3) is 0 Å². The van der Waals surface area contributed by atoms with Gasteiger partial charge in [-0.2, -0.15) is 5.10 Å². The zero-order valence-corrected chi connectivity index (χ0v) is 14.1. The van der Waals surface area contributed by atoms with E-state index in [9.17, 15) is 4.79 Å². The molecule has 0 unspecified atom stereocenters. The smallest absolute Gasteiger partial charge is 0.220 e. The molecule has 2 aromatic rings. The SMILES string of the molecule is O=C(CCC1CCNCC1)NCc1cccc(Cn2cccn2)c1. The summed E-state index contributed by atoms with van der Waals surface area (Å²) >= 11 is 0. The molecule has 0 aliphatic carbocycles. The summed E-state index contributed by atoms with van der Waals surface area (Å²) in [5.41, 5.74) is 2.33. The molecule has 3 rings (SSSR count). The zero-order chi connectivity index (χ0) is 16.6. The van der Waals surface area contributed by atoms with Crippen LogP contribution in [-0.4, -0.2) is 28.8 Å². The van der Waals surface area contributed by atoms with Crippen molar-refractivity contribution in [1.82, 2.24) is 20.4 Å². The van der Waals surface area contributed by atoms with Crippen LogP contribution in [0, 0.1) is 5.92 Å². The highest BCUT2D eigenvalue weighted by molar-refractivity contribution is 5.75. The van der Waals surface area contributed by atoms with Crippen LogP contribution >= 0.6 is 0 Å².